The molecule has 0 saturated carbocycles. The third-order valence-electron chi connectivity index (χ3n) is 14.5. The molecule has 6 heterocycles. The minimum absolute atomic E-state index is 0.246. The lowest BCUT2D eigenvalue weighted by molar-refractivity contribution is 0.464. The van der Waals surface area contributed by atoms with Crippen molar-refractivity contribution in [3.63, 3.8) is 0 Å². The molecule has 0 radical (unpaired) electrons. The van der Waals surface area contributed by atoms with Gasteiger partial charge in [-0.1, -0.05) is 84.9 Å². The highest BCUT2D eigenvalue weighted by molar-refractivity contribution is 7.03. The predicted molar refractivity (Wildman–Crippen MR) is 270 cm³/mol. The Morgan fingerprint density at radius 3 is 1.10 bits per heavy atom. The lowest BCUT2D eigenvalue weighted by atomic mass is 9.30. The molecule has 0 aromatic heterocycles. The maximum absolute atomic E-state index is 10.4. The number of benzene rings is 9. The van der Waals surface area contributed by atoms with Gasteiger partial charge in [-0.25, -0.2) is 0 Å². The first-order valence-corrected chi connectivity index (χ1v) is 22.7. The standard InChI is InChI=1S/C57H28B3N5O4/c61-29-32-19-45-55-51(21-32)66-47-17-9-7-15-37(47)58(55)39-25-41-49(27-43(39)64(45)35-11-3-1-4-12-35)68-53-23-34(31-63)24-54-57(53)60(41)42-26-40-44(28-50(42)69-54)65(36-13-5-2-6-14-36)46-20-33(30-62)22-52-56(46)59(40)38-16-8-10-18-48(38)67-52/h1-28H. The van der Waals surface area contributed by atoms with E-state index < -0.39 is 0 Å². The van der Waals surface area contributed by atoms with E-state index >= 15 is 0 Å². The van der Waals surface area contributed by atoms with Gasteiger partial charge >= 0.3 is 0 Å². The van der Waals surface area contributed by atoms with Gasteiger partial charge in [0.15, 0.2) is 0 Å². The number of hydrogen-bond donors (Lipinski definition) is 0. The first-order chi connectivity index (χ1) is 34.0. The zero-order chi connectivity index (χ0) is 45.6. The summed E-state index contributed by atoms with van der Waals surface area (Å²) in [6.07, 6.45) is 0. The van der Waals surface area contributed by atoms with Crippen LogP contribution < -0.4 is 77.9 Å². The van der Waals surface area contributed by atoms with E-state index in [1.54, 1.807) is 0 Å². The molecular weight excluding hydrogens is 851 g/mol. The summed E-state index contributed by atoms with van der Waals surface area (Å²) < 4.78 is 27.4. The van der Waals surface area contributed by atoms with Crippen LogP contribution in [0.2, 0.25) is 0 Å². The van der Waals surface area contributed by atoms with Gasteiger partial charge in [-0.3, -0.25) is 0 Å². The van der Waals surface area contributed by atoms with Crippen molar-refractivity contribution >= 4 is 103 Å². The van der Waals surface area contributed by atoms with Gasteiger partial charge in [0.25, 0.3) is 20.1 Å². The van der Waals surface area contributed by atoms with Crippen LogP contribution in [-0.2, 0) is 0 Å². The summed E-state index contributed by atoms with van der Waals surface area (Å²) in [4.78, 5) is 4.42. The molecule has 314 valence electrons. The Bertz CT molecular complexity index is 3710. The molecule has 0 bridgehead atoms. The van der Waals surface area contributed by atoms with Crippen molar-refractivity contribution in [2.45, 2.75) is 0 Å². The summed E-state index contributed by atoms with van der Waals surface area (Å²) in [5.74, 6) is 5.18. The van der Waals surface area contributed by atoms with Crippen molar-refractivity contribution < 1.29 is 18.9 Å². The second-order valence-corrected chi connectivity index (χ2v) is 18.1. The van der Waals surface area contributed by atoms with E-state index in [1.165, 1.54) is 0 Å². The van der Waals surface area contributed by atoms with Crippen LogP contribution >= 0.6 is 0 Å². The fraction of sp³-hybridized carbons (Fsp3) is 0. The smallest absolute Gasteiger partial charge is 0.260 e. The molecule has 9 aromatic rings. The van der Waals surface area contributed by atoms with E-state index in [2.05, 4.69) is 88.7 Å². The van der Waals surface area contributed by atoms with Crippen molar-refractivity contribution in [2.24, 2.45) is 0 Å². The lowest BCUT2D eigenvalue weighted by Crippen LogP contribution is -2.64. The Balaban J connectivity index is 1.02. The van der Waals surface area contributed by atoms with Crippen LogP contribution in [0.15, 0.2) is 170 Å². The molecule has 12 heteroatoms. The van der Waals surface area contributed by atoms with Crippen molar-refractivity contribution in [1.29, 1.82) is 15.8 Å². The van der Waals surface area contributed by atoms with Crippen LogP contribution in [0.5, 0.6) is 46.0 Å². The Hall–Kier alpha value is -9.56. The fourth-order valence-electron chi connectivity index (χ4n) is 11.8. The highest BCUT2D eigenvalue weighted by atomic mass is 16.5. The van der Waals surface area contributed by atoms with Crippen LogP contribution in [0, 0.1) is 34.0 Å². The first kappa shape index (κ1) is 37.6. The normalized spacial score (nSPS) is 13.8. The molecule has 0 saturated heterocycles. The van der Waals surface area contributed by atoms with Crippen LogP contribution in [0.25, 0.3) is 0 Å². The number of ether oxygens (including phenoxy) is 4. The van der Waals surface area contributed by atoms with E-state index in [-0.39, 0.29) is 20.1 Å². The van der Waals surface area contributed by atoms with Gasteiger partial charge in [-0.2, -0.15) is 15.8 Å². The third kappa shape index (κ3) is 5.13. The molecule has 0 unspecified atom stereocenters. The molecule has 9 nitrogen and oxygen atoms in total. The van der Waals surface area contributed by atoms with Crippen LogP contribution in [0.3, 0.4) is 0 Å². The number of rotatable bonds is 2. The number of anilines is 6. The molecular formula is C57H28B3N5O4. The summed E-state index contributed by atoms with van der Waals surface area (Å²) in [6, 6.07) is 63.9. The Morgan fingerprint density at radius 1 is 0.304 bits per heavy atom. The molecule has 0 amide bonds. The van der Waals surface area contributed by atoms with E-state index in [0.717, 1.165) is 94.8 Å². The highest BCUT2D eigenvalue weighted by Gasteiger charge is 2.49. The number of para-hydroxylation sites is 4. The average Bonchev–Trinajstić information content (AvgIpc) is 3.39. The first-order valence-electron chi connectivity index (χ1n) is 22.7. The largest absolute Gasteiger partial charge is 0.458 e. The van der Waals surface area contributed by atoms with Gasteiger partial charge in [-0.15, -0.1) is 0 Å². The van der Waals surface area contributed by atoms with Gasteiger partial charge in [0.1, 0.15) is 46.0 Å². The molecule has 6 aliphatic rings. The quantitative estimate of drug-likeness (QED) is 0.172. The maximum Gasteiger partial charge on any atom is 0.260 e. The molecule has 0 atom stereocenters. The van der Waals surface area contributed by atoms with Gasteiger partial charge in [-0.05, 0) is 116 Å². The predicted octanol–water partition coefficient (Wildman–Crippen LogP) is 6.84. The molecule has 0 N–H and O–H groups in total. The molecule has 9 aromatic carbocycles. The van der Waals surface area contributed by atoms with Crippen molar-refractivity contribution in [2.75, 3.05) is 9.80 Å². The molecule has 69 heavy (non-hydrogen) atoms. The Morgan fingerprint density at radius 2 is 0.667 bits per heavy atom. The summed E-state index contributed by atoms with van der Waals surface area (Å²) in [6.45, 7) is -0.872. The summed E-state index contributed by atoms with van der Waals surface area (Å²) >= 11 is 0. The van der Waals surface area contributed by atoms with Gasteiger partial charge in [0.2, 0.25) is 0 Å². The molecule has 6 aliphatic heterocycles. The molecule has 15 rings (SSSR count). The Labute approximate surface area is 397 Å². The van der Waals surface area contributed by atoms with Crippen molar-refractivity contribution in [1.82, 2.24) is 0 Å². The van der Waals surface area contributed by atoms with Crippen LogP contribution in [-0.4, -0.2) is 20.1 Å². The monoisotopic (exact) mass is 879 g/mol. The molecule has 0 fully saturated rings. The highest BCUT2D eigenvalue weighted by Crippen LogP contribution is 2.46. The van der Waals surface area contributed by atoms with Crippen molar-refractivity contribution in [3.8, 4) is 64.2 Å². The second-order valence-electron chi connectivity index (χ2n) is 18.1. The van der Waals surface area contributed by atoms with Gasteiger partial charge in [0, 0.05) is 51.7 Å². The van der Waals surface area contributed by atoms with E-state index in [0.29, 0.717) is 51.2 Å². The van der Waals surface area contributed by atoms with E-state index in [9.17, 15) is 15.8 Å². The maximum atomic E-state index is 10.4. The zero-order valence-corrected chi connectivity index (χ0v) is 36.3. The fourth-order valence-corrected chi connectivity index (χ4v) is 11.8. The summed E-state index contributed by atoms with van der Waals surface area (Å²) in [5, 5.41) is 31.2. The third-order valence-corrected chi connectivity index (χ3v) is 14.5. The summed E-state index contributed by atoms with van der Waals surface area (Å²) in [5.41, 5.74) is 15.6. The van der Waals surface area contributed by atoms with E-state index in [1.807, 2.05) is 109 Å². The lowest BCUT2D eigenvalue weighted by Gasteiger charge is -2.42. The zero-order valence-electron chi connectivity index (χ0n) is 36.3. The second kappa shape index (κ2) is 13.7. The molecule has 0 spiro atoms. The Kier molecular flexibility index (Phi) is 7.50. The number of nitriles is 3. The minimum Gasteiger partial charge on any atom is -0.458 e. The summed E-state index contributed by atoms with van der Waals surface area (Å²) in [7, 11) is 0. The van der Waals surface area contributed by atoms with Crippen molar-refractivity contribution in [3.05, 3.63) is 187 Å². The SMILES string of the molecule is N#Cc1cc2c3c(c1)Oc1cc4c(cc1B3c1cc3c(cc1O2)N(c1ccccc1)c1cc(C#N)cc2c1B3c1ccccc1O2)B1c2ccccc2Oc2cc(C#N)cc(c21)N4c1ccccc1. The van der Waals surface area contributed by atoms with Gasteiger partial charge in [0.05, 0.1) is 34.9 Å². The number of nitrogens with zero attached hydrogens (tertiary/aromatic N) is 5. The number of fused-ring (bicyclic) bond motifs is 12. The van der Waals surface area contributed by atoms with Crippen LogP contribution in [0.1, 0.15) is 16.7 Å². The van der Waals surface area contributed by atoms with E-state index in [4.69, 9.17) is 18.9 Å². The van der Waals surface area contributed by atoms with Gasteiger partial charge < -0.3 is 28.7 Å². The number of hydrogen-bond acceptors (Lipinski definition) is 9. The van der Waals surface area contributed by atoms with Crippen LogP contribution in [0.4, 0.5) is 34.1 Å². The minimum atomic E-state index is -0.380. The molecule has 0 aliphatic carbocycles. The topological polar surface area (TPSA) is 115 Å². The average molecular weight is 879 g/mol.